The van der Waals surface area contributed by atoms with Gasteiger partial charge < -0.3 is 0 Å². The molecule has 4 heterocycles. The van der Waals surface area contributed by atoms with Crippen LogP contribution in [0.5, 0.6) is 0 Å². The summed E-state index contributed by atoms with van der Waals surface area (Å²) in [6.45, 7) is 0. The van der Waals surface area contributed by atoms with Crippen molar-refractivity contribution in [3.63, 3.8) is 0 Å². The van der Waals surface area contributed by atoms with Crippen molar-refractivity contribution in [1.82, 2.24) is 19.9 Å². The minimum absolute atomic E-state index is 0.902. The monoisotopic (exact) mass is 738 g/mol. The Hall–Kier alpha value is -7.82. The molecule has 0 unspecified atom stereocenters. The largest absolute Gasteiger partial charge is 0.248 e. The summed E-state index contributed by atoms with van der Waals surface area (Å²) in [6.07, 6.45) is 0. The quantitative estimate of drug-likeness (QED) is 0.159. The van der Waals surface area contributed by atoms with Gasteiger partial charge in [0.1, 0.15) is 0 Å². The molecule has 0 aliphatic rings. The smallest absolute Gasteiger partial charge is 0.0972 e. The Balaban J connectivity index is 0.877. The third-order valence-corrected chi connectivity index (χ3v) is 11.1. The van der Waals surface area contributed by atoms with E-state index in [0.717, 1.165) is 94.2 Å². The second-order valence-corrected chi connectivity index (χ2v) is 14.7. The van der Waals surface area contributed by atoms with Crippen LogP contribution in [0, 0.1) is 0 Å². The number of rotatable bonds is 6. The standard InChI is InChI=1S/C54H34N4/c1-3-7-35(8-4-1)36-11-13-37(14-12-36)45-23-19-41-26-30-50(56-51(41)33-45)46-24-20-42-25-29-47(55-52(42)34-46)39-15-17-40(18-16-39)49-32-28-44-22-21-43-27-31-48(38-9-5-2-6-10-38)57-53(43)54(44)58-49/h1-34H. The van der Waals surface area contributed by atoms with Crippen molar-refractivity contribution in [2.24, 2.45) is 0 Å². The summed E-state index contributed by atoms with van der Waals surface area (Å²) in [6, 6.07) is 72.1. The van der Waals surface area contributed by atoms with Crippen LogP contribution in [-0.2, 0) is 0 Å². The third kappa shape index (κ3) is 6.23. The molecule has 0 radical (unpaired) electrons. The van der Waals surface area contributed by atoms with E-state index in [9.17, 15) is 0 Å². The van der Waals surface area contributed by atoms with Crippen molar-refractivity contribution >= 4 is 43.6 Å². The van der Waals surface area contributed by atoms with Crippen LogP contribution in [0.2, 0.25) is 0 Å². The first-order valence-corrected chi connectivity index (χ1v) is 19.5. The van der Waals surface area contributed by atoms with E-state index in [-0.39, 0.29) is 0 Å². The summed E-state index contributed by atoms with van der Waals surface area (Å²) in [5.41, 5.74) is 16.3. The minimum atomic E-state index is 0.902. The topological polar surface area (TPSA) is 51.6 Å². The first kappa shape index (κ1) is 33.5. The minimum Gasteiger partial charge on any atom is -0.248 e. The van der Waals surface area contributed by atoms with Crippen LogP contribution >= 0.6 is 0 Å². The first-order chi connectivity index (χ1) is 28.7. The lowest BCUT2D eigenvalue weighted by atomic mass is 9.99. The van der Waals surface area contributed by atoms with Crippen LogP contribution < -0.4 is 0 Å². The Labute approximate surface area is 335 Å². The molecule has 0 saturated heterocycles. The number of pyridine rings is 4. The lowest BCUT2D eigenvalue weighted by Crippen LogP contribution is -1.91. The number of hydrogen-bond acceptors (Lipinski definition) is 4. The van der Waals surface area contributed by atoms with Gasteiger partial charge in [-0.05, 0) is 58.7 Å². The van der Waals surface area contributed by atoms with Crippen LogP contribution in [0.3, 0.4) is 0 Å². The maximum absolute atomic E-state index is 5.16. The van der Waals surface area contributed by atoms with E-state index < -0.39 is 0 Å². The lowest BCUT2D eigenvalue weighted by molar-refractivity contribution is 1.36. The predicted octanol–water partition coefficient (Wildman–Crippen LogP) is 13.9. The summed E-state index contributed by atoms with van der Waals surface area (Å²) in [5, 5.41) is 4.34. The normalized spacial score (nSPS) is 11.4. The molecule has 0 spiro atoms. The number of fused-ring (bicyclic) bond motifs is 5. The molecule has 0 aliphatic carbocycles. The van der Waals surface area contributed by atoms with Gasteiger partial charge in [-0.1, -0.05) is 170 Å². The predicted molar refractivity (Wildman–Crippen MR) is 240 cm³/mol. The van der Waals surface area contributed by atoms with Crippen LogP contribution in [0.1, 0.15) is 0 Å². The van der Waals surface area contributed by atoms with Gasteiger partial charge >= 0.3 is 0 Å². The highest BCUT2D eigenvalue weighted by molar-refractivity contribution is 6.04. The van der Waals surface area contributed by atoms with Crippen molar-refractivity contribution in [2.75, 3.05) is 0 Å². The van der Waals surface area contributed by atoms with Gasteiger partial charge in [-0.25, -0.2) is 19.9 Å². The Kier molecular flexibility index (Phi) is 8.11. The van der Waals surface area contributed by atoms with Crippen LogP contribution in [0.15, 0.2) is 206 Å². The summed E-state index contributed by atoms with van der Waals surface area (Å²) >= 11 is 0. The number of hydrogen-bond donors (Lipinski definition) is 0. The molecule has 0 aliphatic heterocycles. The van der Waals surface area contributed by atoms with Gasteiger partial charge in [0.15, 0.2) is 0 Å². The molecular weight excluding hydrogens is 705 g/mol. The average molecular weight is 739 g/mol. The van der Waals surface area contributed by atoms with Gasteiger partial charge in [-0.15, -0.1) is 0 Å². The summed E-state index contributed by atoms with van der Waals surface area (Å²) in [7, 11) is 0. The summed E-state index contributed by atoms with van der Waals surface area (Å²) < 4.78 is 0. The van der Waals surface area contributed by atoms with Crippen molar-refractivity contribution in [2.45, 2.75) is 0 Å². The fourth-order valence-electron chi connectivity index (χ4n) is 7.89. The maximum Gasteiger partial charge on any atom is 0.0972 e. The van der Waals surface area contributed by atoms with Crippen LogP contribution in [-0.4, -0.2) is 19.9 Å². The third-order valence-electron chi connectivity index (χ3n) is 11.1. The van der Waals surface area contributed by atoms with E-state index >= 15 is 0 Å². The molecule has 7 aromatic carbocycles. The van der Waals surface area contributed by atoms with E-state index in [1.54, 1.807) is 0 Å². The molecule has 0 amide bonds. The molecule has 4 aromatic heterocycles. The zero-order valence-corrected chi connectivity index (χ0v) is 31.4. The van der Waals surface area contributed by atoms with Gasteiger partial charge in [-0.3, -0.25) is 0 Å². The van der Waals surface area contributed by atoms with Gasteiger partial charge in [0.2, 0.25) is 0 Å². The second kappa shape index (κ2) is 14.0. The zero-order valence-electron chi connectivity index (χ0n) is 31.4. The van der Waals surface area contributed by atoms with Gasteiger partial charge in [0.05, 0.1) is 44.8 Å². The number of benzene rings is 7. The van der Waals surface area contributed by atoms with Crippen molar-refractivity contribution in [3.05, 3.63) is 206 Å². The molecule has 58 heavy (non-hydrogen) atoms. The van der Waals surface area contributed by atoms with E-state index in [2.05, 4.69) is 182 Å². The molecule has 0 saturated carbocycles. The van der Waals surface area contributed by atoms with Crippen LogP contribution in [0.25, 0.3) is 111 Å². The number of nitrogens with zero attached hydrogens (tertiary/aromatic N) is 4. The molecule has 0 bridgehead atoms. The summed E-state index contributed by atoms with van der Waals surface area (Å²) in [4.78, 5) is 20.5. The van der Waals surface area contributed by atoms with E-state index in [4.69, 9.17) is 19.9 Å². The fraction of sp³-hybridized carbons (Fsp3) is 0. The molecule has 270 valence electrons. The van der Waals surface area contributed by atoms with Gasteiger partial charge in [-0.2, -0.15) is 0 Å². The Morgan fingerprint density at radius 3 is 1.05 bits per heavy atom. The SMILES string of the molecule is c1ccc(-c2ccc(-c3ccc4ccc(-c5ccc6ccc(-c7ccc(-c8ccc9ccc%10ccc(-c%11ccccc%11)nc%10c9n8)cc7)nc6c5)nc4c3)cc2)cc1. The summed E-state index contributed by atoms with van der Waals surface area (Å²) in [5.74, 6) is 0. The van der Waals surface area contributed by atoms with Crippen molar-refractivity contribution < 1.29 is 0 Å². The van der Waals surface area contributed by atoms with E-state index in [1.165, 1.54) is 16.7 Å². The van der Waals surface area contributed by atoms with E-state index in [0.29, 0.717) is 0 Å². The molecular formula is C54H34N4. The highest BCUT2D eigenvalue weighted by Crippen LogP contribution is 2.32. The van der Waals surface area contributed by atoms with Gasteiger partial charge in [0, 0.05) is 43.8 Å². The van der Waals surface area contributed by atoms with Crippen molar-refractivity contribution in [3.8, 4) is 67.3 Å². The molecule has 11 aromatic rings. The number of aromatic nitrogens is 4. The highest BCUT2D eigenvalue weighted by atomic mass is 14.8. The highest BCUT2D eigenvalue weighted by Gasteiger charge is 2.11. The Bertz CT molecular complexity index is 3310. The maximum atomic E-state index is 5.16. The molecule has 0 N–H and O–H groups in total. The molecule has 0 atom stereocenters. The molecule has 4 heteroatoms. The van der Waals surface area contributed by atoms with Crippen LogP contribution in [0.4, 0.5) is 0 Å². The second-order valence-electron chi connectivity index (χ2n) is 14.7. The zero-order chi connectivity index (χ0) is 38.4. The fourth-order valence-corrected chi connectivity index (χ4v) is 7.89. The lowest BCUT2D eigenvalue weighted by Gasteiger charge is -2.10. The van der Waals surface area contributed by atoms with E-state index in [1.807, 2.05) is 24.3 Å². The van der Waals surface area contributed by atoms with Gasteiger partial charge in [0.25, 0.3) is 0 Å². The molecule has 4 nitrogen and oxygen atoms in total. The van der Waals surface area contributed by atoms with Crippen molar-refractivity contribution in [1.29, 1.82) is 0 Å². The first-order valence-electron chi connectivity index (χ1n) is 19.5. The Morgan fingerprint density at radius 2 is 0.517 bits per heavy atom. The Morgan fingerprint density at radius 1 is 0.207 bits per heavy atom. The molecule has 11 rings (SSSR count). The molecule has 0 fully saturated rings. The average Bonchev–Trinajstić information content (AvgIpc) is 3.31.